The largest absolute Gasteiger partial charge is 0.399 e. The topological polar surface area (TPSA) is 55.1 Å². The predicted octanol–water partition coefficient (Wildman–Crippen LogP) is 3.03. The van der Waals surface area contributed by atoms with Gasteiger partial charge in [0.25, 0.3) is 5.91 Å². The lowest BCUT2D eigenvalue weighted by Crippen LogP contribution is -2.25. The highest BCUT2D eigenvalue weighted by Crippen LogP contribution is 2.16. The Morgan fingerprint density at radius 3 is 2.55 bits per heavy atom. The van der Waals surface area contributed by atoms with Crippen LogP contribution < -0.4 is 11.1 Å². The molecular weight excluding hydrogens is 279 g/mol. The van der Waals surface area contributed by atoms with Crippen LogP contribution in [-0.2, 0) is 6.42 Å². The Morgan fingerprint density at radius 1 is 1.20 bits per heavy atom. The maximum Gasteiger partial charge on any atom is 0.251 e. The van der Waals surface area contributed by atoms with Crippen molar-refractivity contribution in [2.24, 2.45) is 0 Å². The van der Waals surface area contributed by atoms with Crippen molar-refractivity contribution in [3.8, 4) is 0 Å². The number of nitrogens with two attached hydrogens (primary N) is 1. The molecule has 3 N–H and O–H groups in total. The van der Waals surface area contributed by atoms with Crippen LogP contribution in [0.4, 0.5) is 10.1 Å². The molecule has 0 aromatic heterocycles. The van der Waals surface area contributed by atoms with Gasteiger partial charge >= 0.3 is 0 Å². The molecule has 0 aliphatic rings. The molecule has 0 radical (unpaired) electrons. The molecule has 0 aliphatic carbocycles. The molecule has 0 saturated heterocycles. The van der Waals surface area contributed by atoms with E-state index in [1.807, 2.05) is 0 Å². The van der Waals surface area contributed by atoms with Gasteiger partial charge in [-0.2, -0.15) is 0 Å². The maximum atomic E-state index is 12.7. The van der Waals surface area contributed by atoms with Crippen molar-refractivity contribution in [1.29, 1.82) is 0 Å². The van der Waals surface area contributed by atoms with E-state index in [1.54, 1.807) is 30.3 Å². The zero-order valence-corrected chi connectivity index (χ0v) is 11.5. The molecule has 0 unspecified atom stereocenters. The third kappa shape index (κ3) is 3.96. The van der Waals surface area contributed by atoms with Gasteiger partial charge < -0.3 is 11.1 Å². The summed E-state index contributed by atoms with van der Waals surface area (Å²) in [5.41, 5.74) is 7.46. The Balaban J connectivity index is 1.90. The molecule has 2 aromatic rings. The van der Waals surface area contributed by atoms with Crippen LogP contribution in [0.5, 0.6) is 0 Å². The normalized spacial score (nSPS) is 10.3. The summed E-state index contributed by atoms with van der Waals surface area (Å²) in [5.74, 6) is -0.506. The fourth-order valence-electron chi connectivity index (χ4n) is 1.82. The summed E-state index contributed by atoms with van der Waals surface area (Å²) in [6.07, 6.45) is 0.627. The van der Waals surface area contributed by atoms with Crippen LogP contribution in [0, 0.1) is 5.82 Å². The van der Waals surface area contributed by atoms with E-state index in [0.717, 1.165) is 5.56 Å². The minimum Gasteiger partial charge on any atom is -0.399 e. The standard InChI is InChI=1S/C15H14ClFN2O/c16-12-7-11(8-14(18)9-12)15(20)19-6-5-10-1-3-13(17)4-2-10/h1-4,7-9H,5-6,18H2,(H,19,20). The first-order valence-corrected chi connectivity index (χ1v) is 6.51. The average Bonchev–Trinajstić information content (AvgIpc) is 2.40. The molecule has 0 saturated carbocycles. The van der Waals surface area contributed by atoms with Crippen LogP contribution in [0.1, 0.15) is 15.9 Å². The number of amides is 1. The lowest BCUT2D eigenvalue weighted by molar-refractivity contribution is 0.0954. The summed E-state index contributed by atoms with van der Waals surface area (Å²) < 4.78 is 12.7. The third-order valence-corrected chi connectivity index (χ3v) is 3.01. The summed E-state index contributed by atoms with van der Waals surface area (Å²) in [5, 5.41) is 3.19. The molecule has 104 valence electrons. The minimum atomic E-state index is -0.271. The predicted molar refractivity (Wildman–Crippen MR) is 78.3 cm³/mol. The minimum absolute atomic E-state index is 0.235. The van der Waals surface area contributed by atoms with Crippen LogP contribution in [0.2, 0.25) is 5.02 Å². The van der Waals surface area contributed by atoms with Crippen molar-refractivity contribution in [2.75, 3.05) is 12.3 Å². The molecule has 2 rings (SSSR count). The van der Waals surface area contributed by atoms with Crippen molar-refractivity contribution in [1.82, 2.24) is 5.32 Å². The zero-order valence-electron chi connectivity index (χ0n) is 10.7. The van der Waals surface area contributed by atoms with Crippen molar-refractivity contribution in [3.63, 3.8) is 0 Å². The van der Waals surface area contributed by atoms with Gasteiger partial charge in [-0.15, -0.1) is 0 Å². The Labute approximate surface area is 121 Å². The van der Waals surface area contributed by atoms with Crippen LogP contribution in [0.3, 0.4) is 0 Å². The molecule has 5 heteroatoms. The first kappa shape index (κ1) is 14.3. The maximum absolute atomic E-state index is 12.7. The second-order valence-electron chi connectivity index (χ2n) is 4.41. The Hall–Kier alpha value is -2.07. The van der Waals surface area contributed by atoms with E-state index in [2.05, 4.69) is 5.32 Å². The van der Waals surface area contributed by atoms with Gasteiger partial charge in [-0.1, -0.05) is 23.7 Å². The number of anilines is 1. The van der Waals surface area contributed by atoms with Gasteiger partial charge in [0.15, 0.2) is 0 Å². The molecule has 0 aliphatic heterocycles. The van der Waals surface area contributed by atoms with Gasteiger partial charge in [-0.25, -0.2) is 4.39 Å². The molecule has 0 fully saturated rings. The van der Waals surface area contributed by atoms with Gasteiger partial charge in [0.1, 0.15) is 5.82 Å². The molecule has 0 atom stereocenters. The Morgan fingerprint density at radius 2 is 1.90 bits per heavy atom. The molecular formula is C15H14ClFN2O. The van der Waals surface area contributed by atoms with Gasteiger partial charge in [0, 0.05) is 22.8 Å². The van der Waals surface area contributed by atoms with E-state index in [1.165, 1.54) is 12.1 Å². The van der Waals surface area contributed by atoms with Gasteiger partial charge in [-0.05, 0) is 42.3 Å². The van der Waals surface area contributed by atoms with Crippen molar-refractivity contribution in [3.05, 3.63) is 64.4 Å². The summed E-state index contributed by atoms with van der Waals surface area (Å²) in [7, 11) is 0. The van der Waals surface area contributed by atoms with E-state index in [0.29, 0.717) is 29.2 Å². The molecule has 0 bridgehead atoms. The van der Waals surface area contributed by atoms with Crippen LogP contribution in [0.15, 0.2) is 42.5 Å². The van der Waals surface area contributed by atoms with Gasteiger partial charge in [0.2, 0.25) is 0 Å². The number of hydrogen-bond acceptors (Lipinski definition) is 2. The summed E-state index contributed by atoms with van der Waals surface area (Å²) in [4.78, 5) is 11.9. The summed E-state index contributed by atoms with van der Waals surface area (Å²) >= 11 is 5.84. The quantitative estimate of drug-likeness (QED) is 0.851. The lowest BCUT2D eigenvalue weighted by Gasteiger charge is -2.07. The SMILES string of the molecule is Nc1cc(Cl)cc(C(=O)NCCc2ccc(F)cc2)c1. The van der Waals surface area contributed by atoms with E-state index in [-0.39, 0.29) is 11.7 Å². The highest BCUT2D eigenvalue weighted by atomic mass is 35.5. The second-order valence-corrected chi connectivity index (χ2v) is 4.84. The van der Waals surface area contributed by atoms with Crippen molar-refractivity contribution in [2.45, 2.75) is 6.42 Å². The van der Waals surface area contributed by atoms with Crippen LogP contribution in [-0.4, -0.2) is 12.5 Å². The number of nitrogen functional groups attached to an aromatic ring is 1. The molecule has 20 heavy (non-hydrogen) atoms. The van der Waals surface area contributed by atoms with Gasteiger partial charge in [-0.3, -0.25) is 4.79 Å². The number of benzene rings is 2. The first-order valence-electron chi connectivity index (χ1n) is 6.13. The van der Waals surface area contributed by atoms with E-state index in [9.17, 15) is 9.18 Å². The van der Waals surface area contributed by atoms with Crippen molar-refractivity contribution >= 4 is 23.2 Å². The Bertz CT molecular complexity index is 594. The van der Waals surface area contributed by atoms with Crippen LogP contribution >= 0.6 is 11.6 Å². The number of halogens is 2. The second kappa shape index (κ2) is 6.39. The molecule has 0 heterocycles. The molecule has 0 spiro atoms. The number of carbonyl (C=O) groups is 1. The van der Waals surface area contributed by atoms with E-state index >= 15 is 0 Å². The van der Waals surface area contributed by atoms with Gasteiger partial charge in [0.05, 0.1) is 0 Å². The monoisotopic (exact) mass is 292 g/mol. The lowest BCUT2D eigenvalue weighted by atomic mass is 10.1. The third-order valence-electron chi connectivity index (χ3n) is 2.79. The smallest absolute Gasteiger partial charge is 0.251 e. The number of carbonyl (C=O) groups excluding carboxylic acids is 1. The molecule has 1 amide bonds. The summed E-state index contributed by atoms with van der Waals surface area (Å²) in [6, 6.07) is 10.9. The number of nitrogens with one attached hydrogen (secondary N) is 1. The van der Waals surface area contributed by atoms with E-state index in [4.69, 9.17) is 17.3 Å². The van der Waals surface area contributed by atoms with Crippen molar-refractivity contribution < 1.29 is 9.18 Å². The Kier molecular flexibility index (Phi) is 4.58. The zero-order chi connectivity index (χ0) is 14.5. The number of rotatable bonds is 4. The van der Waals surface area contributed by atoms with E-state index < -0.39 is 0 Å². The fourth-order valence-corrected chi connectivity index (χ4v) is 2.06. The fraction of sp³-hybridized carbons (Fsp3) is 0.133. The first-order chi connectivity index (χ1) is 9.54. The average molecular weight is 293 g/mol. The molecule has 3 nitrogen and oxygen atoms in total. The van der Waals surface area contributed by atoms with Crippen LogP contribution in [0.25, 0.3) is 0 Å². The highest BCUT2D eigenvalue weighted by molar-refractivity contribution is 6.31. The summed E-state index contributed by atoms with van der Waals surface area (Å²) in [6.45, 7) is 0.455. The highest BCUT2D eigenvalue weighted by Gasteiger charge is 2.07. The molecule has 2 aromatic carbocycles. The number of hydrogen-bond donors (Lipinski definition) is 2.